The Balaban J connectivity index is 1.63. The van der Waals surface area contributed by atoms with Gasteiger partial charge in [-0.15, -0.1) is 11.8 Å². The van der Waals surface area contributed by atoms with Crippen molar-refractivity contribution in [2.45, 2.75) is 48.4 Å². The summed E-state index contributed by atoms with van der Waals surface area (Å²) in [4.78, 5) is 3.41. The van der Waals surface area contributed by atoms with E-state index in [9.17, 15) is 5.11 Å². The van der Waals surface area contributed by atoms with Crippen molar-refractivity contribution < 1.29 is 14.6 Å². The van der Waals surface area contributed by atoms with Gasteiger partial charge in [-0.25, -0.2) is 0 Å². The number of hydrogen-bond acceptors (Lipinski definition) is 5. The van der Waals surface area contributed by atoms with Gasteiger partial charge in [0.05, 0.1) is 6.61 Å². The molecule has 0 aromatic heterocycles. The first kappa shape index (κ1) is 26.9. The molecule has 0 saturated carbocycles. The molecule has 1 aliphatic heterocycles. The van der Waals surface area contributed by atoms with Gasteiger partial charge in [0.1, 0.15) is 5.60 Å². The molecule has 0 amide bonds. The zero-order chi connectivity index (χ0) is 25.2. The summed E-state index contributed by atoms with van der Waals surface area (Å²) in [6, 6.07) is 28.8. The van der Waals surface area contributed by atoms with Crippen molar-refractivity contribution in [1.29, 1.82) is 0 Å². The standard InChI is InChI=1S/C31H39NO3S/c1-32(2)21-24-36-28-18-16-27(17-19-28)31(33,26-13-7-4-8-14-26)29(25-11-5-3-6-12-25)20-23-35-30-15-9-10-22-34-30/h3-8,11-14,16-19,29-30,33H,9-10,15,20-24H2,1-2H3. The molecule has 5 heteroatoms. The maximum atomic E-state index is 12.6. The Morgan fingerprint density at radius 2 is 1.61 bits per heavy atom. The minimum Gasteiger partial charge on any atom is -0.380 e. The van der Waals surface area contributed by atoms with Crippen LogP contribution in [0.5, 0.6) is 0 Å². The Labute approximate surface area is 220 Å². The molecule has 4 nitrogen and oxygen atoms in total. The third-order valence-electron chi connectivity index (χ3n) is 6.87. The lowest BCUT2D eigenvalue weighted by Crippen LogP contribution is -2.36. The van der Waals surface area contributed by atoms with Crippen molar-refractivity contribution in [3.63, 3.8) is 0 Å². The maximum Gasteiger partial charge on any atom is 0.157 e. The van der Waals surface area contributed by atoms with E-state index in [4.69, 9.17) is 9.47 Å². The van der Waals surface area contributed by atoms with Crippen LogP contribution >= 0.6 is 11.8 Å². The van der Waals surface area contributed by atoms with Gasteiger partial charge in [-0.05, 0) is 68.6 Å². The van der Waals surface area contributed by atoms with Gasteiger partial charge >= 0.3 is 0 Å². The molecule has 4 rings (SSSR count). The highest BCUT2D eigenvalue weighted by molar-refractivity contribution is 7.99. The molecule has 192 valence electrons. The van der Waals surface area contributed by atoms with Gasteiger partial charge < -0.3 is 19.5 Å². The van der Waals surface area contributed by atoms with E-state index in [0.717, 1.165) is 54.9 Å². The largest absolute Gasteiger partial charge is 0.380 e. The summed E-state index contributed by atoms with van der Waals surface area (Å²) in [6.45, 7) is 2.32. The highest BCUT2D eigenvalue weighted by Gasteiger charge is 2.41. The lowest BCUT2D eigenvalue weighted by atomic mass is 9.71. The molecule has 1 heterocycles. The number of ether oxygens (including phenoxy) is 2. The van der Waals surface area contributed by atoms with Crippen LogP contribution < -0.4 is 0 Å². The van der Waals surface area contributed by atoms with Gasteiger partial charge in [0.15, 0.2) is 6.29 Å². The molecule has 1 fully saturated rings. The second-order valence-electron chi connectivity index (χ2n) is 9.73. The van der Waals surface area contributed by atoms with E-state index in [1.165, 1.54) is 4.90 Å². The third kappa shape index (κ3) is 6.99. The summed E-state index contributed by atoms with van der Waals surface area (Å²) in [7, 11) is 4.19. The number of nitrogens with zero attached hydrogens (tertiary/aromatic N) is 1. The van der Waals surface area contributed by atoms with Gasteiger partial charge in [0, 0.05) is 29.7 Å². The molecule has 0 aliphatic carbocycles. The molecule has 36 heavy (non-hydrogen) atoms. The van der Waals surface area contributed by atoms with Gasteiger partial charge in [-0.2, -0.15) is 0 Å². The molecule has 0 radical (unpaired) electrons. The smallest absolute Gasteiger partial charge is 0.157 e. The van der Waals surface area contributed by atoms with Gasteiger partial charge in [0.2, 0.25) is 0 Å². The van der Waals surface area contributed by atoms with Crippen LogP contribution in [0.4, 0.5) is 0 Å². The maximum absolute atomic E-state index is 12.6. The zero-order valence-corrected chi connectivity index (χ0v) is 22.3. The minimum atomic E-state index is -1.20. The highest BCUT2D eigenvalue weighted by Crippen LogP contribution is 2.45. The van der Waals surface area contributed by atoms with Crippen LogP contribution in [0.3, 0.4) is 0 Å². The van der Waals surface area contributed by atoms with Crippen molar-refractivity contribution in [1.82, 2.24) is 4.90 Å². The fourth-order valence-corrected chi connectivity index (χ4v) is 5.90. The topological polar surface area (TPSA) is 41.9 Å². The Hall–Kier alpha value is -2.15. The molecular formula is C31H39NO3S. The average molecular weight is 506 g/mol. The molecule has 3 unspecified atom stereocenters. The second-order valence-corrected chi connectivity index (χ2v) is 10.9. The molecule has 3 aromatic rings. The fraction of sp³-hybridized carbons (Fsp3) is 0.419. The van der Waals surface area contributed by atoms with Crippen LogP contribution in [0, 0.1) is 0 Å². The predicted molar refractivity (Wildman–Crippen MR) is 149 cm³/mol. The lowest BCUT2D eigenvalue weighted by Gasteiger charge is -2.38. The Morgan fingerprint density at radius 3 is 2.25 bits per heavy atom. The SMILES string of the molecule is CN(C)CCSc1ccc(C(O)(c2ccccc2)C(CCOC2CCCCO2)c2ccccc2)cc1. The average Bonchev–Trinajstić information content (AvgIpc) is 2.92. The molecule has 3 atom stereocenters. The number of rotatable bonds is 12. The minimum absolute atomic E-state index is 0.140. The summed E-state index contributed by atoms with van der Waals surface area (Å²) in [5, 5.41) is 12.6. The van der Waals surface area contributed by atoms with Crippen molar-refractivity contribution in [2.24, 2.45) is 0 Å². The van der Waals surface area contributed by atoms with Crippen LogP contribution in [-0.4, -0.2) is 55.9 Å². The summed E-state index contributed by atoms with van der Waals surface area (Å²) in [6.07, 6.45) is 3.71. The molecule has 1 aliphatic rings. The van der Waals surface area contributed by atoms with Crippen molar-refractivity contribution >= 4 is 11.8 Å². The van der Waals surface area contributed by atoms with E-state index < -0.39 is 5.60 Å². The predicted octanol–water partition coefficient (Wildman–Crippen LogP) is 6.29. The number of aliphatic hydroxyl groups is 1. The highest BCUT2D eigenvalue weighted by atomic mass is 32.2. The first-order valence-corrected chi connectivity index (χ1v) is 14.0. The third-order valence-corrected chi connectivity index (χ3v) is 7.86. The van der Waals surface area contributed by atoms with E-state index >= 15 is 0 Å². The van der Waals surface area contributed by atoms with Crippen LogP contribution in [0.25, 0.3) is 0 Å². The van der Waals surface area contributed by atoms with Gasteiger partial charge in [-0.1, -0.05) is 72.8 Å². The van der Waals surface area contributed by atoms with Gasteiger partial charge in [0.25, 0.3) is 0 Å². The summed E-state index contributed by atoms with van der Waals surface area (Å²) < 4.78 is 11.9. The quantitative estimate of drug-likeness (QED) is 0.293. The zero-order valence-electron chi connectivity index (χ0n) is 21.5. The summed E-state index contributed by atoms with van der Waals surface area (Å²) in [5.74, 6) is 0.847. The van der Waals surface area contributed by atoms with Crippen LogP contribution in [0.1, 0.15) is 48.3 Å². The Morgan fingerprint density at radius 1 is 0.944 bits per heavy atom. The van der Waals surface area contributed by atoms with Gasteiger partial charge in [-0.3, -0.25) is 0 Å². The Kier molecular flexibility index (Phi) is 10.0. The van der Waals surface area contributed by atoms with Crippen LogP contribution in [0.2, 0.25) is 0 Å². The van der Waals surface area contributed by atoms with E-state index in [1.807, 2.05) is 60.3 Å². The van der Waals surface area contributed by atoms with E-state index in [-0.39, 0.29) is 12.2 Å². The number of benzene rings is 3. The summed E-state index contributed by atoms with van der Waals surface area (Å²) in [5.41, 5.74) is 1.68. The number of thioether (sulfide) groups is 1. The molecular weight excluding hydrogens is 466 g/mol. The van der Waals surface area contributed by atoms with E-state index in [0.29, 0.717) is 13.0 Å². The Bertz CT molecular complexity index is 1020. The monoisotopic (exact) mass is 505 g/mol. The lowest BCUT2D eigenvalue weighted by molar-refractivity contribution is -0.164. The first-order valence-electron chi connectivity index (χ1n) is 13.0. The molecule has 1 N–H and O–H groups in total. The first-order chi connectivity index (χ1) is 17.6. The summed E-state index contributed by atoms with van der Waals surface area (Å²) >= 11 is 1.84. The fourth-order valence-electron chi connectivity index (χ4n) is 4.87. The number of hydrogen-bond donors (Lipinski definition) is 1. The molecule has 0 spiro atoms. The van der Waals surface area contributed by atoms with Crippen LogP contribution in [0.15, 0.2) is 89.8 Å². The van der Waals surface area contributed by atoms with Crippen molar-refractivity contribution in [2.75, 3.05) is 39.6 Å². The van der Waals surface area contributed by atoms with Crippen molar-refractivity contribution in [3.8, 4) is 0 Å². The van der Waals surface area contributed by atoms with Crippen molar-refractivity contribution in [3.05, 3.63) is 102 Å². The molecule has 3 aromatic carbocycles. The second kappa shape index (κ2) is 13.4. The normalized spacial score (nSPS) is 18.6. The molecule has 0 bridgehead atoms. The molecule has 1 saturated heterocycles. The van der Waals surface area contributed by atoms with E-state index in [2.05, 4.69) is 55.4 Å². The van der Waals surface area contributed by atoms with E-state index in [1.54, 1.807) is 0 Å². The van der Waals surface area contributed by atoms with Crippen LogP contribution in [-0.2, 0) is 15.1 Å².